The Balaban J connectivity index is 2.15. The van der Waals surface area contributed by atoms with Gasteiger partial charge in [-0.1, -0.05) is 0 Å². The van der Waals surface area contributed by atoms with Gasteiger partial charge in [-0.15, -0.1) is 0 Å². The monoisotopic (exact) mass is 251 g/mol. The van der Waals surface area contributed by atoms with Gasteiger partial charge in [-0.3, -0.25) is 14.3 Å². The van der Waals surface area contributed by atoms with E-state index in [4.69, 9.17) is 5.11 Å². The fourth-order valence-electron chi connectivity index (χ4n) is 2.14. The predicted molar refractivity (Wildman–Crippen MR) is 64.2 cm³/mol. The van der Waals surface area contributed by atoms with E-state index in [0.29, 0.717) is 18.7 Å². The van der Waals surface area contributed by atoms with Gasteiger partial charge in [-0.25, -0.2) is 0 Å². The van der Waals surface area contributed by atoms with Gasteiger partial charge in [0.2, 0.25) is 0 Å². The minimum atomic E-state index is -0.852. The minimum Gasteiger partial charge on any atom is -0.481 e. The van der Waals surface area contributed by atoms with Crippen LogP contribution in [0.25, 0.3) is 0 Å². The Morgan fingerprint density at radius 2 is 2.17 bits per heavy atom. The fraction of sp³-hybridized carbons (Fsp3) is 0.583. The number of carbonyl (C=O) groups is 2. The number of carboxylic acid groups (broad SMARTS) is 1. The first-order valence-corrected chi connectivity index (χ1v) is 5.87. The lowest BCUT2D eigenvalue weighted by Crippen LogP contribution is -2.35. The third-order valence-corrected chi connectivity index (χ3v) is 3.61. The van der Waals surface area contributed by atoms with Gasteiger partial charge in [-0.2, -0.15) is 5.10 Å². The van der Waals surface area contributed by atoms with E-state index < -0.39 is 11.4 Å². The summed E-state index contributed by atoms with van der Waals surface area (Å²) in [4.78, 5) is 24.9. The first-order valence-electron chi connectivity index (χ1n) is 5.87. The molecule has 18 heavy (non-hydrogen) atoms. The molecule has 6 nitrogen and oxygen atoms in total. The van der Waals surface area contributed by atoms with Crippen LogP contribution >= 0.6 is 0 Å². The molecule has 1 aliphatic rings. The summed E-state index contributed by atoms with van der Waals surface area (Å²) in [5.41, 5.74) is 0.447. The lowest BCUT2D eigenvalue weighted by Gasteiger charge is -2.19. The van der Waals surface area contributed by atoms with Crippen molar-refractivity contribution in [2.24, 2.45) is 12.5 Å². The third-order valence-electron chi connectivity index (χ3n) is 3.61. The molecule has 0 radical (unpaired) electrons. The highest BCUT2D eigenvalue weighted by Crippen LogP contribution is 2.30. The third kappa shape index (κ3) is 1.98. The second kappa shape index (κ2) is 4.12. The van der Waals surface area contributed by atoms with Crippen LogP contribution in [0.5, 0.6) is 0 Å². The molecule has 1 fully saturated rings. The highest BCUT2D eigenvalue weighted by molar-refractivity contribution is 5.93. The molecule has 0 bridgehead atoms. The molecule has 1 unspecified atom stereocenters. The summed E-state index contributed by atoms with van der Waals surface area (Å²) in [6, 6.07) is 1.72. The van der Waals surface area contributed by atoms with Crippen molar-refractivity contribution in [3.05, 3.63) is 17.5 Å². The molecule has 2 heterocycles. The van der Waals surface area contributed by atoms with Crippen LogP contribution in [0.2, 0.25) is 0 Å². The Morgan fingerprint density at radius 1 is 1.50 bits per heavy atom. The van der Waals surface area contributed by atoms with Gasteiger partial charge in [0.1, 0.15) is 0 Å². The van der Waals surface area contributed by atoms with Crippen LogP contribution in [-0.2, 0) is 11.8 Å². The highest BCUT2D eigenvalue weighted by Gasteiger charge is 2.42. The number of aryl methyl sites for hydroxylation is 2. The normalized spacial score (nSPS) is 23.4. The molecule has 0 aliphatic carbocycles. The molecule has 6 heteroatoms. The molecule has 1 N–H and O–H groups in total. The van der Waals surface area contributed by atoms with Gasteiger partial charge in [-0.05, 0) is 26.3 Å². The van der Waals surface area contributed by atoms with Crippen molar-refractivity contribution >= 4 is 11.9 Å². The number of rotatable bonds is 2. The van der Waals surface area contributed by atoms with Crippen molar-refractivity contribution in [3.8, 4) is 0 Å². The van der Waals surface area contributed by atoms with E-state index in [1.807, 2.05) is 6.92 Å². The van der Waals surface area contributed by atoms with Gasteiger partial charge in [0.05, 0.1) is 5.41 Å². The van der Waals surface area contributed by atoms with E-state index in [9.17, 15) is 9.59 Å². The van der Waals surface area contributed by atoms with E-state index in [1.54, 1.807) is 29.6 Å². The molecule has 98 valence electrons. The largest absolute Gasteiger partial charge is 0.481 e. The molecular formula is C12H17N3O3. The smallest absolute Gasteiger partial charge is 0.311 e. The lowest BCUT2D eigenvalue weighted by atomic mass is 9.90. The Hall–Kier alpha value is -1.85. The number of aliphatic carboxylic acids is 1. The summed E-state index contributed by atoms with van der Waals surface area (Å²) in [6.07, 6.45) is 0.486. The SMILES string of the molecule is Cc1cc(C(=O)N2CCC(C)(C(=O)O)C2)nn1C. The van der Waals surface area contributed by atoms with Gasteiger partial charge in [0.15, 0.2) is 5.69 Å². The van der Waals surface area contributed by atoms with Gasteiger partial charge in [0.25, 0.3) is 5.91 Å². The molecule has 2 rings (SSSR count). The van der Waals surface area contributed by atoms with Gasteiger partial charge < -0.3 is 10.0 Å². The predicted octanol–water partition coefficient (Wildman–Crippen LogP) is 0.665. The van der Waals surface area contributed by atoms with Gasteiger partial charge >= 0.3 is 5.97 Å². The zero-order valence-electron chi connectivity index (χ0n) is 10.8. The molecular weight excluding hydrogens is 234 g/mol. The van der Waals surface area contributed by atoms with Crippen molar-refractivity contribution in [1.82, 2.24) is 14.7 Å². The maximum atomic E-state index is 12.2. The topological polar surface area (TPSA) is 75.4 Å². The molecule has 0 aromatic carbocycles. The van der Waals surface area contributed by atoms with Crippen LogP contribution < -0.4 is 0 Å². The maximum absolute atomic E-state index is 12.2. The summed E-state index contributed by atoms with van der Waals surface area (Å²) in [5.74, 6) is -1.04. The van der Waals surface area contributed by atoms with E-state index in [2.05, 4.69) is 5.10 Å². The van der Waals surface area contributed by atoms with Crippen LogP contribution in [0.1, 0.15) is 29.5 Å². The van der Waals surface area contributed by atoms with Crippen LogP contribution in [0.15, 0.2) is 6.07 Å². The van der Waals surface area contributed by atoms with Crippen LogP contribution in [0, 0.1) is 12.3 Å². The summed E-state index contributed by atoms with van der Waals surface area (Å²) < 4.78 is 1.64. The van der Waals surface area contributed by atoms with Crippen molar-refractivity contribution in [1.29, 1.82) is 0 Å². The summed E-state index contributed by atoms with van der Waals surface area (Å²) in [6.45, 7) is 4.26. The maximum Gasteiger partial charge on any atom is 0.311 e. The zero-order chi connectivity index (χ0) is 13.5. The Morgan fingerprint density at radius 3 is 2.61 bits per heavy atom. The van der Waals surface area contributed by atoms with E-state index in [0.717, 1.165) is 5.69 Å². The Bertz CT molecular complexity index is 489. The molecule has 1 saturated heterocycles. The van der Waals surface area contributed by atoms with Crippen molar-refractivity contribution in [3.63, 3.8) is 0 Å². The van der Waals surface area contributed by atoms with Gasteiger partial charge in [0, 0.05) is 25.8 Å². The lowest BCUT2D eigenvalue weighted by molar-refractivity contribution is -0.147. The molecule has 1 aromatic rings. The number of likely N-dealkylation sites (tertiary alicyclic amines) is 1. The second-order valence-electron chi connectivity index (χ2n) is 5.14. The molecule has 0 spiro atoms. The molecule has 1 aliphatic heterocycles. The minimum absolute atomic E-state index is 0.191. The molecule has 1 amide bonds. The Kier molecular flexibility index (Phi) is 2.88. The van der Waals surface area contributed by atoms with Crippen molar-refractivity contribution in [2.45, 2.75) is 20.3 Å². The average Bonchev–Trinajstić information content (AvgIpc) is 2.84. The summed E-state index contributed by atoms with van der Waals surface area (Å²) >= 11 is 0. The number of nitrogens with zero attached hydrogens (tertiary/aromatic N) is 3. The van der Waals surface area contributed by atoms with Crippen LogP contribution in [0.4, 0.5) is 0 Å². The summed E-state index contributed by atoms with van der Waals surface area (Å²) in [5, 5.41) is 13.3. The highest BCUT2D eigenvalue weighted by atomic mass is 16.4. The fourth-order valence-corrected chi connectivity index (χ4v) is 2.14. The number of hydrogen-bond donors (Lipinski definition) is 1. The zero-order valence-corrected chi connectivity index (χ0v) is 10.8. The molecule has 0 saturated carbocycles. The number of hydrogen-bond acceptors (Lipinski definition) is 3. The quantitative estimate of drug-likeness (QED) is 0.838. The second-order valence-corrected chi connectivity index (χ2v) is 5.14. The van der Waals surface area contributed by atoms with Crippen LogP contribution in [-0.4, -0.2) is 44.8 Å². The van der Waals surface area contributed by atoms with E-state index in [-0.39, 0.29) is 12.5 Å². The number of carboxylic acids is 1. The van der Waals surface area contributed by atoms with E-state index >= 15 is 0 Å². The number of aromatic nitrogens is 2. The van der Waals surface area contributed by atoms with E-state index in [1.165, 1.54) is 0 Å². The summed E-state index contributed by atoms with van der Waals surface area (Å²) in [7, 11) is 1.78. The van der Waals surface area contributed by atoms with Crippen molar-refractivity contribution in [2.75, 3.05) is 13.1 Å². The molecule has 1 aromatic heterocycles. The Labute approximate surface area is 105 Å². The number of carbonyl (C=O) groups excluding carboxylic acids is 1. The number of amides is 1. The standard InChI is InChI=1S/C12H17N3O3/c1-8-6-9(13-14(8)3)10(16)15-5-4-12(2,7-15)11(17)18/h6H,4-5,7H2,1-3H3,(H,17,18). The first-order chi connectivity index (χ1) is 8.33. The average molecular weight is 251 g/mol. The van der Waals surface area contributed by atoms with Crippen molar-refractivity contribution < 1.29 is 14.7 Å². The van der Waals surface area contributed by atoms with Crippen LogP contribution in [0.3, 0.4) is 0 Å². The first kappa shape index (κ1) is 12.6. The molecule has 1 atom stereocenters.